The Labute approximate surface area is 126 Å². The third-order valence-corrected chi connectivity index (χ3v) is 4.52. The van der Waals surface area contributed by atoms with E-state index in [0.717, 1.165) is 52.8 Å². The van der Waals surface area contributed by atoms with Crippen LogP contribution in [0.15, 0.2) is 22.7 Å². The Kier molecular flexibility index (Phi) is 3.56. The van der Waals surface area contributed by atoms with E-state index in [2.05, 4.69) is 33.4 Å². The fraction of sp³-hybridized carbons (Fsp3) is 0.400. The van der Waals surface area contributed by atoms with Crippen molar-refractivity contribution in [3.8, 4) is 0 Å². The first-order valence-electron chi connectivity index (χ1n) is 6.84. The van der Waals surface area contributed by atoms with Gasteiger partial charge in [0.25, 0.3) is 5.91 Å². The molecule has 1 amide bonds. The van der Waals surface area contributed by atoms with Gasteiger partial charge in [-0.3, -0.25) is 4.79 Å². The molecule has 5 heteroatoms. The van der Waals surface area contributed by atoms with E-state index in [9.17, 15) is 4.79 Å². The summed E-state index contributed by atoms with van der Waals surface area (Å²) in [5.41, 5.74) is 2.97. The standard InChI is InChI=1S/C15H18BrN3O/c1-10-12-4-3-11(16)9-13(12)18(2)14(10)15(20)19-7-5-17-6-8-19/h3-4,9,17H,5-8H2,1-2H3. The normalized spacial score (nSPS) is 15.8. The summed E-state index contributed by atoms with van der Waals surface area (Å²) in [5, 5.41) is 4.42. The average Bonchev–Trinajstić information content (AvgIpc) is 2.71. The van der Waals surface area contributed by atoms with Crippen LogP contribution in [0.3, 0.4) is 0 Å². The maximum absolute atomic E-state index is 12.8. The van der Waals surface area contributed by atoms with Gasteiger partial charge in [-0.2, -0.15) is 0 Å². The predicted octanol–water partition coefficient (Wildman–Crippen LogP) is 2.29. The van der Waals surface area contributed by atoms with E-state index < -0.39 is 0 Å². The first-order valence-corrected chi connectivity index (χ1v) is 7.63. The van der Waals surface area contributed by atoms with E-state index in [-0.39, 0.29) is 5.91 Å². The molecule has 1 aliphatic heterocycles. The van der Waals surface area contributed by atoms with Crippen molar-refractivity contribution in [1.29, 1.82) is 0 Å². The van der Waals surface area contributed by atoms with Crippen LogP contribution in [0, 0.1) is 6.92 Å². The first kappa shape index (κ1) is 13.6. The van der Waals surface area contributed by atoms with Gasteiger partial charge in [-0.1, -0.05) is 22.0 Å². The van der Waals surface area contributed by atoms with Crippen LogP contribution in [-0.4, -0.2) is 41.6 Å². The molecule has 0 saturated carbocycles. The SMILES string of the molecule is Cc1c(C(=O)N2CCNCC2)n(C)c2cc(Br)ccc12. The molecule has 1 N–H and O–H groups in total. The zero-order valence-electron chi connectivity index (χ0n) is 11.7. The Balaban J connectivity index is 2.08. The number of aromatic nitrogens is 1. The van der Waals surface area contributed by atoms with Crippen LogP contribution >= 0.6 is 15.9 Å². The third-order valence-electron chi connectivity index (χ3n) is 4.02. The highest BCUT2D eigenvalue weighted by atomic mass is 79.9. The summed E-state index contributed by atoms with van der Waals surface area (Å²) >= 11 is 3.50. The second-order valence-electron chi connectivity index (χ2n) is 5.24. The molecule has 2 aromatic rings. The summed E-state index contributed by atoms with van der Waals surface area (Å²) < 4.78 is 3.05. The zero-order chi connectivity index (χ0) is 14.3. The zero-order valence-corrected chi connectivity index (χ0v) is 13.3. The van der Waals surface area contributed by atoms with Crippen LogP contribution in [0.1, 0.15) is 16.1 Å². The molecule has 0 spiro atoms. The van der Waals surface area contributed by atoms with E-state index in [1.807, 2.05) is 29.5 Å². The number of nitrogens with one attached hydrogen (secondary N) is 1. The van der Waals surface area contributed by atoms with Crippen molar-refractivity contribution < 1.29 is 4.79 Å². The van der Waals surface area contributed by atoms with Gasteiger partial charge >= 0.3 is 0 Å². The maximum Gasteiger partial charge on any atom is 0.270 e. The quantitative estimate of drug-likeness (QED) is 0.868. The molecule has 0 unspecified atom stereocenters. The Morgan fingerprint density at radius 1 is 1.30 bits per heavy atom. The molecule has 3 rings (SSSR count). The third kappa shape index (κ3) is 2.15. The minimum atomic E-state index is 0.138. The number of carbonyl (C=O) groups is 1. The Hall–Kier alpha value is -1.33. The molecule has 1 fully saturated rings. The summed E-state index contributed by atoms with van der Waals surface area (Å²) in [6, 6.07) is 6.16. The van der Waals surface area contributed by atoms with Crippen molar-refractivity contribution in [2.24, 2.45) is 7.05 Å². The number of carbonyl (C=O) groups excluding carboxylic acids is 1. The van der Waals surface area contributed by atoms with Crippen molar-refractivity contribution in [3.05, 3.63) is 33.9 Å². The lowest BCUT2D eigenvalue weighted by Gasteiger charge is -2.27. The Morgan fingerprint density at radius 2 is 2.00 bits per heavy atom. The van der Waals surface area contributed by atoms with Crippen molar-refractivity contribution in [3.63, 3.8) is 0 Å². The lowest BCUT2D eigenvalue weighted by Crippen LogP contribution is -2.47. The van der Waals surface area contributed by atoms with Crippen LogP contribution in [0.2, 0.25) is 0 Å². The second-order valence-corrected chi connectivity index (χ2v) is 6.15. The summed E-state index contributed by atoms with van der Waals surface area (Å²) in [6.07, 6.45) is 0. The smallest absolute Gasteiger partial charge is 0.270 e. The molecule has 0 bridgehead atoms. The van der Waals surface area contributed by atoms with Gasteiger partial charge < -0.3 is 14.8 Å². The molecular formula is C15H18BrN3O. The summed E-state index contributed by atoms with van der Waals surface area (Å²) in [4.78, 5) is 14.7. The minimum Gasteiger partial charge on any atom is -0.339 e. The van der Waals surface area contributed by atoms with Crippen molar-refractivity contribution in [2.45, 2.75) is 6.92 Å². The lowest BCUT2D eigenvalue weighted by atomic mass is 10.1. The average molecular weight is 336 g/mol. The fourth-order valence-electron chi connectivity index (χ4n) is 2.92. The predicted molar refractivity (Wildman–Crippen MR) is 84.1 cm³/mol. The number of amides is 1. The number of piperazine rings is 1. The van der Waals surface area contributed by atoms with Gasteiger partial charge in [-0.05, 0) is 24.6 Å². The molecule has 0 atom stereocenters. The summed E-state index contributed by atoms with van der Waals surface area (Å²) in [5.74, 6) is 0.138. The van der Waals surface area contributed by atoms with Gasteiger partial charge in [-0.15, -0.1) is 0 Å². The molecule has 0 aliphatic carbocycles. The number of nitrogens with zero attached hydrogens (tertiary/aromatic N) is 2. The van der Waals surface area contributed by atoms with E-state index in [4.69, 9.17) is 0 Å². The van der Waals surface area contributed by atoms with E-state index >= 15 is 0 Å². The molecule has 0 radical (unpaired) electrons. The monoisotopic (exact) mass is 335 g/mol. The topological polar surface area (TPSA) is 37.3 Å². The Bertz CT molecular complexity index is 671. The van der Waals surface area contributed by atoms with Crippen molar-refractivity contribution in [2.75, 3.05) is 26.2 Å². The second kappa shape index (κ2) is 5.22. The Morgan fingerprint density at radius 3 is 2.70 bits per heavy atom. The highest BCUT2D eigenvalue weighted by Gasteiger charge is 2.24. The minimum absolute atomic E-state index is 0.138. The van der Waals surface area contributed by atoms with Crippen LogP contribution < -0.4 is 5.32 Å². The van der Waals surface area contributed by atoms with Gasteiger partial charge in [0.15, 0.2) is 0 Å². The number of hydrogen-bond acceptors (Lipinski definition) is 2. The van der Waals surface area contributed by atoms with Gasteiger partial charge in [-0.25, -0.2) is 0 Å². The van der Waals surface area contributed by atoms with Crippen LogP contribution in [-0.2, 0) is 7.05 Å². The van der Waals surface area contributed by atoms with Gasteiger partial charge in [0.05, 0.1) is 0 Å². The summed E-state index contributed by atoms with van der Waals surface area (Å²) in [6.45, 7) is 5.35. The van der Waals surface area contributed by atoms with Crippen LogP contribution in [0.4, 0.5) is 0 Å². The van der Waals surface area contributed by atoms with Gasteiger partial charge in [0.2, 0.25) is 0 Å². The number of aryl methyl sites for hydroxylation is 2. The number of rotatable bonds is 1. The summed E-state index contributed by atoms with van der Waals surface area (Å²) in [7, 11) is 1.97. The van der Waals surface area contributed by atoms with Crippen molar-refractivity contribution >= 4 is 32.7 Å². The largest absolute Gasteiger partial charge is 0.339 e. The number of halogens is 1. The highest BCUT2D eigenvalue weighted by Crippen LogP contribution is 2.28. The van der Waals surface area contributed by atoms with E-state index in [1.54, 1.807) is 0 Å². The molecule has 1 saturated heterocycles. The molecule has 4 nitrogen and oxygen atoms in total. The van der Waals surface area contributed by atoms with Gasteiger partial charge in [0.1, 0.15) is 5.69 Å². The molecule has 2 heterocycles. The fourth-order valence-corrected chi connectivity index (χ4v) is 3.27. The lowest BCUT2D eigenvalue weighted by molar-refractivity contribution is 0.0726. The molecule has 1 aromatic heterocycles. The number of benzene rings is 1. The molecular weight excluding hydrogens is 318 g/mol. The number of fused-ring (bicyclic) bond motifs is 1. The van der Waals surface area contributed by atoms with Gasteiger partial charge in [0, 0.05) is 48.6 Å². The molecule has 1 aliphatic rings. The highest BCUT2D eigenvalue weighted by molar-refractivity contribution is 9.10. The number of hydrogen-bond donors (Lipinski definition) is 1. The van der Waals surface area contributed by atoms with Crippen LogP contribution in [0.25, 0.3) is 10.9 Å². The molecule has 106 valence electrons. The van der Waals surface area contributed by atoms with Crippen LogP contribution in [0.5, 0.6) is 0 Å². The first-order chi connectivity index (χ1) is 9.59. The molecule has 20 heavy (non-hydrogen) atoms. The maximum atomic E-state index is 12.8. The van der Waals surface area contributed by atoms with E-state index in [1.165, 1.54) is 0 Å². The molecule has 1 aromatic carbocycles. The van der Waals surface area contributed by atoms with E-state index in [0.29, 0.717) is 0 Å². The van der Waals surface area contributed by atoms with Crippen molar-refractivity contribution in [1.82, 2.24) is 14.8 Å².